The summed E-state index contributed by atoms with van der Waals surface area (Å²) in [7, 11) is 2.18. The van der Waals surface area contributed by atoms with Crippen molar-refractivity contribution in [3.05, 3.63) is 34.9 Å². The van der Waals surface area contributed by atoms with Crippen molar-refractivity contribution in [2.75, 3.05) is 38.9 Å². The van der Waals surface area contributed by atoms with Crippen LogP contribution in [0.2, 0.25) is 0 Å². The minimum atomic E-state index is 0.183. The molecular weight excluding hydrogens is 388 g/mol. The summed E-state index contributed by atoms with van der Waals surface area (Å²) < 4.78 is 11.3. The normalized spacial score (nSPS) is 18.8. The smallest absolute Gasteiger partial charge is 0.189 e. The van der Waals surface area contributed by atoms with Crippen molar-refractivity contribution in [1.29, 1.82) is 0 Å². The van der Waals surface area contributed by atoms with Crippen LogP contribution in [0.3, 0.4) is 0 Å². The molecule has 0 radical (unpaired) electrons. The van der Waals surface area contributed by atoms with Crippen molar-refractivity contribution < 1.29 is 9.47 Å². The highest BCUT2D eigenvalue weighted by atomic mass is 16.7. The van der Waals surface area contributed by atoms with Crippen LogP contribution >= 0.6 is 0 Å². The van der Waals surface area contributed by atoms with Gasteiger partial charge in [-0.3, -0.25) is 0 Å². The van der Waals surface area contributed by atoms with E-state index in [0.29, 0.717) is 18.4 Å². The van der Waals surface area contributed by atoms with Crippen LogP contribution in [0.5, 0.6) is 5.75 Å². The molecule has 6 heteroatoms. The maximum absolute atomic E-state index is 5.92. The maximum Gasteiger partial charge on any atom is 0.189 e. The molecule has 1 fully saturated rings. The number of piperidine rings is 1. The summed E-state index contributed by atoms with van der Waals surface area (Å²) in [4.78, 5) is 2.38. The lowest BCUT2D eigenvalue weighted by Crippen LogP contribution is -2.40. The van der Waals surface area contributed by atoms with E-state index in [4.69, 9.17) is 21.0 Å². The molecule has 4 rings (SSSR count). The molecule has 0 bridgehead atoms. The van der Waals surface area contributed by atoms with E-state index < -0.39 is 0 Å². The first kappa shape index (κ1) is 21.6. The number of benzene rings is 1. The second kappa shape index (κ2) is 10.1. The molecule has 164 valence electrons. The van der Waals surface area contributed by atoms with E-state index in [1.165, 1.54) is 36.9 Å². The summed E-state index contributed by atoms with van der Waals surface area (Å²) in [6, 6.07) is 6.24. The number of nitrogens with zero attached hydrogens (tertiary/aromatic N) is 3. The van der Waals surface area contributed by atoms with Gasteiger partial charge in [-0.15, -0.1) is 16.6 Å². The van der Waals surface area contributed by atoms with E-state index in [0.717, 1.165) is 48.4 Å². The Labute approximate surface area is 185 Å². The molecule has 2 aliphatic rings. The van der Waals surface area contributed by atoms with Crippen LogP contribution in [-0.4, -0.2) is 54.7 Å². The van der Waals surface area contributed by atoms with Crippen LogP contribution in [0.25, 0.3) is 11.3 Å². The number of terminal acetylenes is 1. The molecule has 1 aliphatic carbocycles. The molecule has 6 nitrogen and oxygen atoms in total. The molecule has 2 heterocycles. The van der Waals surface area contributed by atoms with Crippen molar-refractivity contribution in [3.63, 3.8) is 0 Å². The minimum absolute atomic E-state index is 0.183. The number of rotatable bonds is 7. The van der Waals surface area contributed by atoms with E-state index >= 15 is 0 Å². The summed E-state index contributed by atoms with van der Waals surface area (Å²) >= 11 is 0. The lowest BCUT2D eigenvalue weighted by atomic mass is 9.88. The highest BCUT2D eigenvalue weighted by molar-refractivity contribution is 5.74. The molecule has 2 aromatic rings. The summed E-state index contributed by atoms with van der Waals surface area (Å²) in [5.74, 6) is 4.34. The minimum Gasteiger partial charge on any atom is -0.467 e. The zero-order chi connectivity index (χ0) is 21.6. The van der Waals surface area contributed by atoms with Gasteiger partial charge in [-0.25, -0.2) is 0 Å². The Bertz CT molecular complexity index is 953. The Morgan fingerprint density at radius 1 is 1.19 bits per heavy atom. The fraction of sp³-hybridized carbons (Fsp3) is 0.520. The SMILES string of the molecule is C#Cc1ccc(-c2nnc(NC3CCCN(C)C3)c3c2CCCC3)c(OCOCC)c1. The summed E-state index contributed by atoms with van der Waals surface area (Å²) in [5.41, 5.74) is 5.19. The maximum atomic E-state index is 5.92. The topological polar surface area (TPSA) is 59.5 Å². The number of aromatic nitrogens is 2. The summed E-state index contributed by atoms with van der Waals surface area (Å²) in [6.07, 6.45) is 12.4. The third kappa shape index (κ3) is 5.00. The third-order valence-corrected chi connectivity index (χ3v) is 6.16. The molecule has 0 amide bonds. The van der Waals surface area contributed by atoms with Gasteiger partial charge in [0, 0.05) is 35.9 Å². The van der Waals surface area contributed by atoms with Crippen LogP contribution in [-0.2, 0) is 17.6 Å². The van der Waals surface area contributed by atoms with Crippen molar-refractivity contribution in [2.24, 2.45) is 0 Å². The van der Waals surface area contributed by atoms with Gasteiger partial charge in [0.05, 0.1) is 0 Å². The lowest BCUT2D eigenvalue weighted by Gasteiger charge is -2.31. The second-order valence-electron chi connectivity index (χ2n) is 8.42. The third-order valence-electron chi connectivity index (χ3n) is 6.16. The van der Waals surface area contributed by atoms with E-state index in [1.54, 1.807) is 0 Å². The van der Waals surface area contributed by atoms with Crippen LogP contribution in [0.1, 0.15) is 49.3 Å². The average molecular weight is 421 g/mol. The van der Waals surface area contributed by atoms with Crippen LogP contribution in [0.4, 0.5) is 5.82 Å². The number of fused-ring (bicyclic) bond motifs is 1. The Hall–Kier alpha value is -2.62. The molecule has 1 aromatic carbocycles. The monoisotopic (exact) mass is 420 g/mol. The molecule has 1 atom stereocenters. The molecule has 1 unspecified atom stereocenters. The summed E-state index contributed by atoms with van der Waals surface area (Å²) in [6.45, 7) is 4.93. The van der Waals surface area contributed by atoms with Gasteiger partial charge in [0.15, 0.2) is 12.6 Å². The first-order valence-electron chi connectivity index (χ1n) is 11.3. The van der Waals surface area contributed by atoms with Gasteiger partial charge in [0.25, 0.3) is 0 Å². The number of hydrogen-bond donors (Lipinski definition) is 1. The van der Waals surface area contributed by atoms with E-state index in [9.17, 15) is 0 Å². The highest BCUT2D eigenvalue weighted by Crippen LogP contribution is 2.37. The van der Waals surface area contributed by atoms with Gasteiger partial charge in [-0.2, -0.15) is 0 Å². The van der Waals surface area contributed by atoms with Crippen LogP contribution < -0.4 is 10.1 Å². The predicted octanol–water partition coefficient (Wildman–Crippen LogP) is 3.88. The largest absolute Gasteiger partial charge is 0.467 e. The van der Waals surface area contributed by atoms with Crippen LogP contribution in [0.15, 0.2) is 18.2 Å². The van der Waals surface area contributed by atoms with Gasteiger partial charge in [-0.05, 0) is 82.8 Å². The Kier molecular flexibility index (Phi) is 7.06. The predicted molar refractivity (Wildman–Crippen MR) is 123 cm³/mol. The summed E-state index contributed by atoms with van der Waals surface area (Å²) in [5, 5.41) is 13.1. The van der Waals surface area contributed by atoms with Gasteiger partial charge >= 0.3 is 0 Å². The second-order valence-corrected chi connectivity index (χ2v) is 8.42. The van der Waals surface area contributed by atoms with Crippen molar-refractivity contribution in [1.82, 2.24) is 15.1 Å². The average Bonchev–Trinajstić information content (AvgIpc) is 2.80. The molecule has 1 aromatic heterocycles. The number of ether oxygens (including phenoxy) is 2. The zero-order valence-electron chi connectivity index (χ0n) is 18.6. The molecule has 1 aliphatic heterocycles. The number of likely N-dealkylation sites (N-methyl/N-ethyl adjacent to an activating group) is 1. The molecule has 0 spiro atoms. The van der Waals surface area contributed by atoms with Crippen LogP contribution in [0, 0.1) is 12.3 Å². The van der Waals surface area contributed by atoms with E-state index in [-0.39, 0.29) is 6.79 Å². The highest BCUT2D eigenvalue weighted by Gasteiger charge is 2.25. The lowest BCUT2D eigenvalue weighted by molar-refractivity contribution is 0.0227. The van der Waals surface area contributed by atoms with Crippen molar-refractivity contribution in [2.45, 2.75) is 51.5 Å². The number of likely N-dealkylation sites (tertiary alicyclic amines) is 1. The van der Waals surface area contributed by atoms with Gasteiger partial charge in [0.2, 0.25) is 0 Å². The molecule has 1 N–H and O–H groups in total. The quantitative estimate of drug-likeness (QED) is 0.417. The molecular formula is C25H32N4O2. The van der Waals surface area contributed by atoms with Crippen molar-refractivity contribution in [3.8, 4) is 29.4 Å². The molecule has 31 heavy (non-hydrogen) atoms. The van der Waals surface area contributed by atoms with E-state index in [1.807, 2.05) is 25.1 Å². The fourth-order valence-corrected chi connectivity index (χ4v) is 4.57. The molecule has 0 saturated carbocycles. The zero-order valence-corrected chi connectivity index (χ0v) is 18.6. The first-order valence-corrected chi connectivity index (χ1v) is 11.3. The first-order chi connectivity index (χ1) is 15.2. The van der Waals surface area contributed by atoms with E-state index in [2.05, 4.69) is 28.3 Å². The van der Waals surface area contributed by atoms with Crippen molar-refractivity contribution >= 4 is 5.82 Å². The van der Waals surface area contributed by atoms with Gasteiger partial charge in [0.1, 0.15) is 11.4 Å². The van der Waals surface area contributed by atoms with Gasteiger partial charge < -0.3 is 19.7 Å². The number of nitrogens with one attached hydrogen (secondary N) is 1. The Balaban J connectivity index is 1.68. The number of anilines is 1. The standard InChI is InChI=1S/C25H32N4O2/c1-4-18-12-13-22(23(15-18)31-17-30-5-2)24-20-10-6-7-11-21(20)25(28-27-24)26-19-9-8-14-29(3)16-19/h1,12-13,15,19H,5-11,14,16-17H2,2-3H3,(H,26,28). The Morgan fingerprint density at radius 3 is 2.81 bits per heavy atom. The number of hydrogen-bond acceptors (Lipinski definition) is 6. The fourth-order valence-electron chi connectivity index (χ4n) is 4.57. The molecule has 1 saturated heterocycles. The van der Waals surface area contributed by atoms with Gasteiger partial charge in [-0.1, -0.05) is 5.92 Å². The Morgan fingerprint density at radius 2 is 2.03 bits per heavy atom.